The molecule has 2 unspecified atom stereocenters. The Morgan fingerprint density at radius 3 is 2.39 bits per heavy atom. The first-order valence-corrected chi connectivity index (χ1v) is 9.50. The number of carbonyl (C=O) groups is 1. The van der Waals surface area contributed by atoms with Gasteiger partial charge in [-0.2, -0.15) is 0 Å². The molecular weight excluding hydrogens is 422 g/mol. The van der Waals surface area contributed by atoms with Crippen LogP contribution in [0.25, 0.3) is 5.57 Å². The van der Waals surface area contributed by atoms with E-state index in [0.29, 0.717) is 0 Å². The molecule has 1 aromatic rings. The molecule has 2 aliphatic rings. The van der Waals surface area contributed by atoms with Crippen molar-refractivity contribution >= 4 is 43.5 Å². The number of benzene rings is 1. The lowest BCUT2D eigenvalue weighted by Crippen LogP contribution is -2.45. The molecule has 0 N–H and O–H groups in total. The molecule has 2 aliphatic heterocycles. The predicted octanol–water partition coefficient (Wildman–Crippen LogP) is 5.77. The Morgan fingerprint density at radius 2 is 1.83 bits per heavy atom. The van der Waals surface area contributed by atoms with Gasteiger partial charge in [-0.3, -0.25) is 4.90 Å². The van der Waals surface area contributed by atoms with E-state index in [1.165, 1.54) is 11.1 Å². The largest absolute Gasteiger partial charge is 0.444 e. The normalized spacial score (nSPS) is 23.7. The van der Waals surface area contributed by atoms with Crippen LogP contribution in [-0.2, 0) is 4.74 Å². The van der Waals surface area contributed by atoms with Gasteiger partial charge >= 0.3 is 6.09 Å². The van der Waals surface area contributed by atoms with E-state index in [0.717, 1.165) is 28.2 Å². The molecule has 1 saturated heterocycles. The highest BCUT2D eigenvalue weighted by molar-refractivity contribution is 9.11. The summed E-state index contributed by atoms with van der Waals surface area (Å²) < 4.78 is 7.70. The molecule has 0 spiro atoms. The van der Waals surface area contributed by atoms with Crippen LogP contribution in [0.2, 0.25) is 0 Å². The number of hydrogen-bond donors (Lipinski definition) is 0. The van der Waals surface area contributed by atoms with Crippen LogP contribution >= 0.6 is 31.9 Å². The van der Waals surface area contributed by atoms with Crippen LogP contribution in [0.1, 0.15) is 45.6 Å². The molecule has 0 aromatic heterocycles. The first-order chi connectivity index (χ1) is 10.7. The van der Waals surface area contributed by atoms with Gasteiger partial charge in [0.05, 0.1) is 6.04 Å². The standard InChI is InChI=1S/C18H21Br2NO2/c1-18(2,3)23-17(22)21-15-4-5-16(21)9-12(8-15)11-6-13(19)10-14(20)7-11/h6-8,10,15-16H,4-5,9H2,1-3H3. The van der Waals surface area contributed by atoms with E-state index < -0.39 is 5.60 Å². The zero-order valence-corrected chi connectivity index (χ0v) is 16.8. The molecule has 0 aliphatic carbocycles. The van der Waals surface area contributed by atoms with Gasteiger partial charge in [0, 0.05) is 15.0 Å². The Hall–Kier alpha value is -0.810. The summed E-state index contributed by atoms with van der Waals surface area (Å²) in [6, 6.07) is 6.70. The van der Waals surface area contributed by atoms with Crippen LogP contribution in [0.5, 0.6) is 0 Å². The molecule has 2 atom stereocenters. The molecule has 1 fully saturated rings. The average molecular weight is 443 g/mol. The molecule has 23 heavy (non-hydrogen) atoms. The topological polar surface area (TPSA) is 29.5 Å². The van der Waals surface area contributed by atoms with Crippen LogP contribution in [0.4, 0.5) is 4.79 Å². The fourth-order valence-corrected chi connectivity index (χ4v) is 4.68. The molecule has 2 heterocycles. The molecule has 1 amide bonds. The molecule has 124 valence electrons. The van der Waals surface area contributed by atoms with Gasteiger partial charge in [-0.1, -0.05) is 37.9 Å². The van der Waals surface area contributed by atoms with Crippen molar-refractivity contribution in [1.82, 2.24) is 4.90 Å². The van der Waals surface area contributed by atoms with E-state index in [-0.39, 0.29) is 18.2 Å². The monoisotopic (exact) mass is 441 g/mol. The summed E-state index contributed by atoms with van der Waals surface area (Å²) in [6.07, 6.45) is 5.00. The van der Waals surface area contributed by atoms with Gasteiger partial charge < -0.3 is 4.74 Å². The highest BCUT2D eigenvalue weighted by atomic mass is 79.9. The summed E-state index contributed by atoms with van der Waals surface area (Å²) in [5.74, 6) is 0. The second-order valence-electron chi connectivity index (χ2n) is 7.24. The van der Waals surface area contributed by atoms with Crippen molar-refractivity contribution in [1.29, 1.82) is 0 Å². The van der Waals surface area contributed by atoms with Gasteiger partial charge in [0.15, 0.2) is 0 Å². The molecule has 2 bridgehead atoms. The smallest absolute Gasteiger partial charge is 0.411 e. The van der Waals surface area contributed by atoms with Crippen molar-refractivity contribution in [3.63, 3.8) is 0 Å². The number of carbonyl (C=O) groups excluding carboxylic acids is 1. The Balaban J connectivity index is 1.84. The first kappa shape index (κ1) is 17.0. The van der Waals surface area contributed by atoms with Crippen LogP contribution in [-0.4, -0.2) is 28.7 Å². The Labute approximate surface area is 154 Å². The van der Waals surface area contributed by atoms with Gasteiger partial charge in [0.2, 0.25) is 0 Å². The van der Waals surface area contributed by atoms with E-state index >= 15 is 0 Å². The lowest BCUT2D eigenvalue weighted by molar-refractivity contribution is 0.0175. The van der Waals surface area contributed by atoms with Crippen molar-refractivity contribution in [3.05, 3.63) is 38.8 Å². The summed E-state index contributed by atoms with van der Waals surface area (Å²) in [5, 5.41) is 0. The molecule has 0 saturated carbocycles. The maximum absolute atomic E-state index is 12.5. The van der Waals surface area contributed by atoms with Gasteiger partial charge in [0.25, 0.3) is 0 Å². The number of halogens is 2. The van der Waals surface area contributed by atoms with Gasteiger partial charge in [0.1, 0.15) is 5.60 Å². The number of amides is 1. The second-order valence-corrected chi connectivity index (χ2v) is 9.07. The summed E-state index contributed by atoms with van der Waals surface area (Å²) in [6.45, 7) is 5.74. The molecule has 1 aromatic carbocycles. The summed E-state index contributed by atoms with van der Waals surface area (Å²) in [4.78, 5) is 14.4. The Morgan fingerprint density at radius 1 is 1.17 bits per heavy atom. The lowest BCUT2D eigenvalue weighted by Gasteiger charge is -2.35. The maximum Gasteiger partial charge on any atom is 0.411 e. The fraction of sp³-hybridized carbons (Fsp3) is 0.500. The minimum absolute atomic E-state index is 0.149. The van der Waals surface area contributed by atoms with E-state index in [1.54, 1.807) is 0 Å². The number of rotatable bonds is 1. The molecule has 3 rings (SSSR count). The number of nitrogens with zero attached hydrogens (tertiary/aromatic N) is 1. The third kappa shape index (κ3) is 3.82. The zero-order chi connectivity index (χ0) is 16.8. The molecule has 5 heteroatoms. The summed E-state index contributed by atoms with van der Waals surface area (Å²) in [5.41, 5.74) is 2.08. The van der Waals surface area contributed by atoms with Crippen molar-refractivity contribution in [2.45, 2.75) is 57.7 Å². The van der Waals surface area contributed by atoms with Gasteiger partial charge in [-0.15, -0.1) is 0 Å². The van der Waals surface area contributed by atoms with Crippen LogP contribution in [0.15, 0.2) is 33.2 Å². The highest BCUT2D eigenvalue weighted by Gasteiger charge is 2.41. The van der Waals surface area contributed by atoms with Crippen LogP contribution in [0, 0.1) is 0 Å². The Bertz CT molecular complexity index is 643. The molecular formula is C18H21Br2NO2. The minimum Gasteiger partial charge on any atom is -0.444 e. The van der Waals surface area contributed by atoms with Crippen molar-refractivity contribution in [2.24, 2.45) is 0 Å². The second kappa shape index (κ2) is 6.25. The summed E-state index contributed by atoms with van der Waals surface area (Å²) in [7, 11) is 0. The van der Waals surface area contributed by atoms with E-state index in [2.05, 4.69) is 50.1 Å². The summed E-state index contributed by atoms with van der Waals surface area (Å²) >= 11 is 7.10. The number of fused-ring (bicyclic) bond motifs is 2. The van der Waals surface area contributed by atoms with Crippen LogP contribution < -0.4 is 0 Å². The minimum atomic E-state index is -0.449. The average Bonchev–Trinajstić information content (AvgIpc) is 2.66. The highest BCUT2D eigenvalue weighted by Crippen LogP contribution is 2.40. The molecule has 3 nitrogen and oxygen atoms in total. The zero-order valence-electron chi connectivity index (χ0n) is 13.6. The lowest BCUT2D eigenvalue weighted by atomic mass is 9.95. The third-order valence-corrected chi connectivity index (χ3v) is 5.15. The Kier molecular flexibility index (Phi) is 4.62. The number of ether oxygens (including phenoxy) is 1. The fourth-order valence-electron chi connectivity index (χ4n) is 3.38. The van der Waals surface area contributed by atoms with E-state index in [9.17, 15) is 4.79 Å². The van der Waals surface area contributed by atoms with Crippen LogP contribution in [0.3, 0.4) is 0 Å². The van der Waals surface area contributed by atoms with E-state index in [4.69, 9.17) is 4.74 Å². The van der Waals surface area contributed by atoms with Crippen molar-refractivity contribution < 1.29 is 9.53 Å². The van der Waals surface area contributed by atoms with Gasteiger partial charge in [-0.05, 0) is 69.4 Å². The van der Waals surface area contributed by atoms with Crippen molar-refractivity contribution in [2.75, 3.05) is 0 Å². The SMILES string of the molecule is CC(C)(C)OC(=O)N1C2C=C(c3cc(Br)cc(Br)c3)CC1CC2. The third-order valence-electron chi connectivity index (χ3n) is 4.23. The van der Waals surface area contributed by atoms with Gasteiger partial charge in [-0.25, -0.2) is 4.79 Å². The molecule has 0 radical (unpaired) electrons. The maximum atomic E-state index is 12.5. The van der Waals surface area contributed by atoms with E-state index in [1.807, 2.05) is 31.7 Å². The first-order valence-electron chi connectivity index (χ1n) is 7.91. The predicted molar refractivity (Wildman–Crippen MR) is 99.3 cm³/mol. The quantitative estimate of drug-likeness (QED) is 0.552. The van der Waals surface area contributed by atoms with Crippen molar-refractivity contribution in [3.8, 4) is 0 Å². The number of hydrogen-bond acceptors (Lipinski definition) is 2.